The highest BCUT2D eigenvalue weighted by atomic mass is 79.9. The molecule has 4 nitrogen and oxygen atoms in total. The predicted molar refractivity (Wildman–Crippen MR) is 80.0 cm³/mol. The predicted octanol–water partition coefficient (Wildman–Crippen LogP) is 3.27. The van der Waals surface area contributed by atoms with Crippen LogP contribution in [0.1, 0.15) is 27.2 Å². The Bertz CT molecular complexity index is 555. The molecule has 0 aliphatic rings. The molecule has 0 saturated carbocycles. The van der Waals surface area contributed by atoms with Crippen molar-refractivity contribution in [3.8, 4) is 5.75 Å². The highest BCUT2D eigenvalue weighted by Crippen LogP contribution is 2.32. The molecule has 108 valence electrons. The van der Waals surface area contributed by atoms with Crippen molar-refractivity contribution in [1.82, 2.24) is 4.31 Å². The Morgan fingerprint density at radius 2 is 1.95 bits per heavy atom. The maximum Gasteiger partial charge on any atom is 0.247 e. The van der Waals surface area contributed by atoms with Crippen molar-refractivity contribution >= 4 is 26.0 Å². The van der Waals surface area contributed by atoms with Crippen LogP contribution in [-0.4, -0.2) is 32.4 Å². The van der Waals surface area contributed by atoms with Gasteiger partial charge in [0.05, 0.1) is 7.11 Å². The Balaban J connectivity index is 3.39. The third-order valence-electron chi connectivity index (χ3n) is 3.48. The quantitative estimate of drug-likeness (QED) is 0.819. The zero-order valence-electron chi connectivity index (χ0n) is 11.9. The molecular formula is C13H20BrNO3S. The van der Waals surface area contributed by atoms with Gasteiger partial charge in [-0.3, -0.25) is 0 Å². The van der Waals surface area contributed by atoms with Gasteiger partial charge in [0.15, 0.2) is 0 Å². The first-order valence-electron chi connectivity index (χ1n) is 5.99. The van der Waals surface area contributed by atoms with Crippen LogP contribution >= 0.6 is 15.9 Å². The van der Waals surface area contributed by atoms with Gasteiger partial charge in [-0.2, -0.15) is 4.31 Å². The molecule has 0 radical (unpaired) electrons. The van der Waals surface area contributed by atoms with E-state index < -0.39 is 15.6 Å². The second-order valence-corrected chi connectivity index (χ2v) is 7.79. The fourth-order valence-electron chi connectivity index (χ4n) is 1.55. The van der Waals surface area contributed by atoms with E-state index in [9.17, 15) is 8.42 Å². The summed E-state index contributed by atoms with van der Waals surface area (Å²) in [6.07, 6.45) is 0.721. The van der Waals surface area contributed by atoms with Gasteiger partial charge in [-0.05, 0) is 38.5 Å². The standard InChI is InChI=1S/C13H20BrNO3S/c1-6-13(2,3)15(4)19(16,17)12-9-10(14)7-8-11(12)18-5/h7-9H,6H2,1-5H3. The van der Waals surface area contributed by atoms with Crippen molar-refractivity contribution in [2.24, 2.45) is 0 Å². The van der Waals surface area contributed by atoms with Gasteiger partial charge in [0.25, 0.3) is 0 Å². The van der Waals surface area contributed by atoms with Crippen molar-refractivity contribution in [2.45, 2.75) is 37.6 Å². The molecule has 1 rings (SSSR count). The molecule has 0 aliphatic carbocycles. The number of halogens is 1. The van der Waals surface area contributed by atoms with Crippen molar-refractivity contribution in [1.29, 1.82) is 0 Å². The van der Waals surface area contributed by atoms with Gasteiger partial charge in [0.2, 0.25) is 10.0 Å². The van der Waals surface area contributed by atoms with Gasteiger partial charge in [-0.25, -0.2) is 8.42 Å². The summed E-state index contributed by atoms with van der Waals surface area (Å²) >= 11 is 3.30. The van der Waals surface area contributed by atoms with E-state index in [2.05, 4.69) is 15.9 Å². The van der Waals surface area contributed by atoms with Crippen molar-refractivity contribution in [3.63, 3.8) is 0 Å². The SMILES string of the molecule is CCC(C)(C)N(C)S(=O)(=O)c1cc(Br)ccc1OC. The molecule has 0 atom stereocenters. The molecule has 0 aromatic heterocycles. The topological polar surface area (TPSA) is 46.6 Å². The number of benzene rings is 1. The molecule has 0 bridgehead atoms. The van der Waals surface area contributed by atoms with E-state index in [4.69, 9.17) is 4.74 Å². The largest absolute Gasteiger partial charge is 0.495 e. The number of rotatable bonds is 5. The molecule has 0 N–H and O–H groups in total. The lowest BCUT2D eigenvalue weighted by atomic mass is 10.0. The smallest absolute Gasteiger partial charge is 0.247 e. The minimum absolute atomic E-state index is 0.174. The molecule has 0 unspecified atom stereocenters. The van der Waals surface area contributed by atoms with Crippen LogP contribution in [0, 0.1) is 0 Å². The molecule has 0 aliphatic heterocycles. The highest BCUT2D eigenvalue weighted by Gasteiger charge is 2.34. The lowest BCUT2D eigenvalue weighted by molar-refractivity contribution is 0.256. The summed E-state index contributed by atoms with van der Waals surface area (Å²) in [5, 5.41) is 0. The molecule has 0 saturated heterocycles. The maximum absolute atomic E-state index is 12.7. The van der Waals surface area contributed by atoms with Crippen molar-refractivity contribution < 1.29 is 13.2 Å². The van der Waals surface area contributed by atoms with E-state index in [-0.39, 0.29) is 4.90 Å². The van der Waals surface area contributed by atoms with Gasteiger partial charge in [-0.15, -0.1) is 0 Å². The van der Waals surface area contributed by atoms with Crippen LogP contribution in [0.4, 0.5) is 0 Å². The van der Waals surface area contributed by atoms with Crippen LogP contribution in [-0.2, 0) is 10.0 Å². The number of ether oxygens (including phenoxy) is 1. The number of hydrogen-bond donors (Lipinski definition) is 0. The molecule has 6 heteroatoms. The highest BCUT2D eigenvalue weighted by molar-refractivity contribution is 9.10. The molecule has 1 aromatic rings. The Morgan fingerprint density at radius 3 is 2.42 bits per heavy atom. The molecule has 0 amide bonds. The van der Waals surface area contributed by atoms with Crippen LogP contribution in [0.3, 0.4) is 0 Å². The Hall–Kier alpha value is -0.590. The van der Waals surface area contributed by atoms with E-state index in [1.54, 1.807) is 25.2 Å². The van der Waals surface area contributed by atoms with Crippen LogP contribution in [0.5, 0.6) is 5.75 Å². The van der Waals surface area contributed by atoms with Gasteiger partial charge < -0.3 is 4.74 Å². The Morgan fingerprint density at radius 1 is 1.37 bits per heavy atom. The average molecular weight is 350 g/mol. The lowest BCUT2D eigenvalue weighted by Gasteiger charge is -2.34. The first kappa shape index (κ1) is 16.5. The minimum atomic E-state index is -3.60. The summed E-state index contributed by atoms with van der Waals surface area (Å²) in [6, 6.07) is 4.96. The summed E-state index contributed by atoms with van der Waals surface area (Å²) in [5.74, 6) is 0.349. The van der Waals surface area contributed by atoms with Gasteiger partial charge in [0, 0.05) is 17.1 Å². The summed E-state index contributed by atoms with van der Waals surface area (Å²) in [6.45, 7) is 5.76. The summed E-state index contributed by atoms with van der Waals surface area (Å²) in [5.41, 5.74) is -0.452. The first-order valence-corrected chi connectivity index (χ1v) is 8.22. The monoisotopic (exact) mass is 349 g/mol. The van der Waals surface area contributed by atoms with Crippen LogP contribution < -0.4 is 4.74 Å². The fourth-order valence-corrected chi connectivity index (χ4v) is 3.82. The Labute approximate surface area is 123 Å². The number of methoxy groups -OCH3 is 1. The zero-order valence-corrected chi connectivity index (χ0v) is 14.3. The molecule has 0 spiro atoms. The van der Waals surface area contributed by atoms with Crippen molar-refractivity contribution in [3.05, 3.63) is 22.7 Å². The third kappa shape index (κ3) is 3.30. The number of nitrogens with zero attached hydrogens (tertiary/aromatic N) is 1. The fraction of sp³-hybridized carbons (Fsp3) is 0.538. The summed E-state index contributed by atoms with van der Waals surface area (Å²) in [4.78, 5) is 0.174. The van der Waals surface area contributed by atoms with E-state index in [1.165, 1.54) is 11.4 Å². The van der Waals surface area contributed by atoms with Gasteiger partial charge in [0.1, 0.15) is 10.6 Å². The minimum Gasteiger partial charge on any atom is -0.495 e. The molecule has 1 aromatic carbocycles. The Kier molecular flexibility index (Phi) is 5.03. The van der Waals surface area contributed by atoms with E-state index in [0.717, 1.165) is 6.42 Å². The third-order valence-corrected chi connectivity index (χ3v) is 6.07. The first-order chi connectivity index (χ1) is 8.66. The average Bonchev–Trinajstić information content (AvgIpc) is 2.37. The second-order valence-electron chi connectivity index (χ2n) is 4.93. The van der Waals surface area contributed by atoms with Crippen molar-refractivity contribution in [2.75, 3.05) is 14.2 Å². The van der Waals surface area contributed by atoms with Crippen LogP contribution in [0.25, 0.3) is 0 Å². The van der Waals surface area contributed by atoms with E-state index >= 15 is 0 Å². The van der Waals surface area contributed by atoms with E-state index in [1.807, 2.05) is 20.8 Å². The molecule has 0 fully saturated rings. The van der Waals surface area contributed by atoms with Crippen LogP contribution in [0.15, 0.2) is 27.6 Å². The molecule has 0 heterocycles. The zero-order chi connectivity index (χ0) is 14.8. The molecular weight excluding hydrogens is 330 g/mol. The van der Waals surface area contributed by atoms with Crippen LogP contribution in [0.2, 0.25) is 0 Å². The maximum atomic E-state index is 12.7. The normalized spacial score (nSPS) is 12.8. The summed E-state index contributed by atoms with van der Waals surface area (Å²) < 4.78 is 32.6. The van der Waals surface area contributed by atoms with Gasteiger partial charge in [-0.1, -0.05) is 22.9 Å². The number of sulfonamides is 1. The van der Waals surface area contributed by atoms with E-state index in [0.29, 0.717) is 10.2 Å². The lowest BCUT2D eigenvalue weighted by Crippen LogP contribution is -2.44. The molecule has 19 heavy (non-hydrogen) atoms. The summed E-state index contributed by atoms with van der Waals surface area (Å²) in [7, 11) is -0.534. The number of hydrogen-bond acceptors (Lipinski definition) is 3. The second kappa shape index (κ2) is 5.81. The van der Waals surface area contributed by atoms with Gasteiger partial charge >= 0.3 is 0 Å².